The van der Waals surface area contributed by atoms with E-state index in [0.717, 1.165) is 69.7 Å². The summed E-state index contributed by atoms with van der Waals surface area (Å²) < 4.78 is 10.3. The molecule has 8 heteroatoms. The number of carbonyl (C=O) groups is 2. The molecule has 0 saturated carbocycles. The minimum absolute atomic E-state index is 0.0662. The quantitative estimate of drug-likeness (QED) is 0.578. The highest BCUT2D eigenvalue weighted by Gasteiger charge is 2.29. The molecule has 1 aromatic carbocycles. The Morgan fingerprint density at radius 2 is 1.79 bits per heavy atom. The van der Waals surface area contributed by atoms with E-state index < -0.39 is 0 Å². The number of nitrogens with zero attached hydrogens (tertiary/aromatic N) is 2. The minimum atomic E-state index is -0.354. The molecule has 1 N–H and O–H groups in total. The smallest absolute Gasteiger partial charge is 0.341 e. The fraction of sp³-hybridized carbons (Fsp3) is 0.538. The summed E-state index contributed by atoms with van der Waals surface area (Å²) in [5.74, 6) is 1.06. The SMILES string of the molecule is COC(=O)c1c(NC(=O)CN2CCN(CCc3ccc(OC)cc3)CC2)sc2c1CCC(C)C2. The molecular formula is C26H35N3O4S. The number of carbonyl (C=O) groups excluding carboxylic acids is 2. The molecular weight excluding hydrogens is 450 g/mol. The van der Waals surface area contributed by atoms with Crippen LogP contribution in [0.25, 0.3) is 0 Å². The van der Waals surface area contributed by atoms with Gasteiger partial charge in [-0.3, -0.25) is 9.69 Å². The summed E-state index contributed by atoms with van der Waals surface area (Å²) in [6.07, 6.45) is 3.89. The lowest BCUT2D eigenvalue weighted by Gasteiger charge is -2.34. The van der Waals surface area contributed by atoms with Gasteiger partial charge in [-0.1, -0.05) is 19.1 Å². The molecule has 0 spiro atoms. The monoisotopic (exact) mass is 485 g/mol. The summed E-state index contributed by atoms with van der Waals surface area (Å²) in [7, 11) is 3.08. The first-order valence-electron chi connectivity index (χ1n) is 12.1. The highest BCUT2D eigenvalue weighted by molar-refractivity contribution is 7.17. The van der Waals surface area contributed by atoms with Gasteiger partial charge in [0.25, 0.3) is 0 Å². The van der Waals surface area contributed by atoms with Crippen LogP contribution in [-0.2, 0) is 28.8 Å². The van der Waals surface area contributed by atoms with Gasteiger partial charge in [-0.15, -0.1) is 11.3 Å². The molecule has 4 rings (SSSR count). The van der Waals surface area contributed by atoms with Gasteiger partial charge >= 0.3 is 5.97 Å². The Morgan fingerprint density at radius 1 is 1.09 bits per heavy atom. The largest absolute Gasteiger partial charge is 0.497 e. The molecule has 1 atom stereocenters. The number of amides is 1. The molecule has 0 radical (unpaired) electrons. The molecule has 1 amide bonds. The Labute approximate surface area is 206 Å². The van der Waals surface area contributed by atoms with Gasteiger partial charge in [0.15, 0.2) is 0 Å². The first-order valence-corrected chi connectivity index (χ1v) is 12.9. The zero-order chi connectivity index (χ0) is 24.1. The number of methoxy groups -OCH3 is 2. The van der Waals surface area contributed by atoms with Crippen LogP contribution >= 0.6 is 11.3 Å². The number of hydrogen-bond acceptors (Lipinski definition) is 7. The van der Waals surface area contributed by atoms with Crippen LogP contribution in [0.4, 0.5) is 5.00 Å². The van der Waals surface area contributed by atoms with Crippen molar-refractivity contribution >= 4 is 28.2 Å². The number of hydrogen-bond donors (Lipinski definition) is 1. The number of rotatable bonds is 8. The summed E-state index contributed by atoms with van der Waals surface area (Å²) >= 11 is 1.54. The zero-order valence-electron chi connectivity index (χ0n) is 20.4. The Morgan fingerprint density at radius 3 is 2.47 bits per heavy atom. The van der Waals surface area contributed by atoms with E-state index in [-0.39, 0.29) is 11.9 Å². The molecule has 1 aliphatic carbocycles. The van der Waals surface area contributed by atoms with Crippen LogP contribution in [0.5, 0.6) is 5.75 Å². The van der Waals surface area contributed by atoms with E-state index in [1.165, 1.54) is 28.9 Å². The van der Waals surface area contributed by atoms with Gasteiger partial charge in [0.05, 0.1) is 26.3 Å². The van der Waals surface area contributed by atoms with Crippen molar-refractivity contribution in [2.24, 2.45) is 5.92 Å². The predicted molar refractivity (Wildman–Crippen MR) is 135 cm³/mol. The molecule has 1 aromatic heterocycles. The minimum Gasteiger partial charge on any atom is -0.497 e. The van der Waals surface area contributed by atoms with Crippen molar-refractivity contribution in [3.8, 4) is 5.75 Å². The molecule has 1 aliphatic heterocycles. The average Bonchev–Trinajstić information content (AvgIpc) is 3.19. The fourth-order valence-electron chi connectivity index (χ4n) is 4.78. The van der Waals surface area contributed by atoms with E-state index in [1.54, 1.807) is 7.11 Å². The van der Waals surface area contributed by atoms with E-state index >= 15 is 0 Å². The summed E-state index contributed by atoms with van der Waals surface area (Å²) in [6.45, 7) is 7.19. The molecule has 0 bridgehead atoms. The number of anilines is 1. The second-order valence-corrected chi connectivity index (χ2v) is 10.4. The number of piperazine rings is 1. The zero-order valence-corrected chi connectivity index (χ0v) is 21.2. The number of thiophene rings is 1. The third kappa shape index (κ3) is 5.98. The lowest BCUT2D eigenvalue weighted by Crippen LogP contribution is -2.49. The second kappa shape index (κ2) is 11.3. The summed E-state index contributed by atoms with van der Waals surface area (Å²) in [6, 6.07) is 8.24. The third-order valence-electron chi connectivity index (χ3n) is 6.86. The number of nitrogens with one attached hydrogen (secondary N) is 1. The van der Waals surface area contributed by atoms with Crippen molar-refractivity contribution in [3.05, 3.63) is 45.8 Å². The average molecular weight is 486 g/mol. The van der Waals surface area contributed by atoms with E-state index in [4.69, 9.17) is 9.47 Å². The van der Waals surface area contributed by atoms with Gasteiger partial charge in [0.1, 0.15) is 10.8 Å². The Bertz CT molecular complexity index is 996. The van der Waals surface area contributed by atoms with Crippen LogP contribution in [0.3, 0.4) is 0 Å². The lowest BCUT2D eigenvalue weighted by atomic mass is 9.88. The summed E-state index contributed by atoms with van der Waals surface area (Å²) in [5.41, 5.74) is 2.93. The molecule has 1 fully saturated rings. The van der Waals surface area contributed by atoms with Crippen LogP contribution in [0.1, 0.15) is 39.7 Å². The van der Waals surface area contributed by atoms with Crippen LogP contribution in [0, 0.1) is 5.92 Å². The molecule has 7 nitrogen and oxygen atoms in total. The standard InChI is InChI=1S/C26H35N3O4S/c1-18-4-9-21-22(16-18)34-25(24(21)26(31)33-3)27-23(30)17-29-14-12-28(13-15-29)11-10-19-5-7-20(32-2)8-6-19/h5-8,18H,4,9-17H2,1-3H3,(H,27,30). The van der Waals surface area contributed by atoms with Gasteiger partial charge in [-0.25, -0.2) is 4.79 Å². The van der Waals surface area contributed by atoms with Crippen LogP contribution in [0.15, 0.2) is 24.3 Å². The summed E-state index contributed by atoms with van der Waals surface area (Å²) in [4.78, 5) is 31.1. The number of ether oxygens (including phenoxy) is 2. The molecule has 2 heterocycles. The second-order valence-electron chi connectivity index (χ2n) is 9.31. The number of benzene rings is 1. The van der Waals surface area contributed by atoms with Crippen molar-refractivity contribution in [3.63, 3.8) is 0 Å². The van der Waals surface area contributed by atoms with E-state index in [9.17, 15) is 9.59 Å². The Balaban J connectivity index is 1.27. The Hall–Kier alpha value is -2.42. The maximum atomic E-state index is 12.8. The van der Waals surface area contributed by atoms with Crippen LogP contribution in [0.2, 0.25) is 0 Å². The molecule has 34 heavy (non-hydrogen) atoms. The van der Waals surface area contributed by atoms with Crippen molar-refractivity contribution in [2.45, 2.75) is 32.6 Å². The van der Waals surface area contributed by atoms with Crippen molar-refractivity contribution in [1.29, 1.82) is 0 Å². The van der Waals surface area contributed by atoms with Crippen molar-refractivity contribution in [2.75, 3.05) is 58.8 Å². The van der Waals surface area contributed by atoms with Crippen molar-refractivity contribution < 1.29 is 19.1 Å². The van der Waals surface area contributed by atoms with Crippen molar-refractivity contribution in [1.82, 2.24) is 9.80 Å². The van der Waals surface area contributed by atoms with Gasteiger partial charge in [0.2, 0.25) is 5.91 Å². The molecule has 1 unspecified atom stereocenters. The molecule has 2 aromatic rings. The molecule has 184 valence electrons. The maximum Gasteiger partial charge on any atom is 0.341 e. The van der Waals surface area contributed by atoms with Gasteiger partial charge < -0.3 is 19.7 Å². The fourth-order valence-corrected chi connectivity index (χ4v) is 6.19. The van der Waals surface area contributed by atoms with Crippen LogP contribution in [-0.4, -0.2) is 75.2 Å². The Kier molecular flexibility index (Phi) is 8.24. The van der Waals surface area contributed by atoms with Gasteiger partial charge in [-0.05, 0) is 54.9 Å². The van der Waals surface area contributed by atoms with Crippen LogP contribution < -0.4 is 10.1 Å². The van der Waals surface area contributed by atoms with Gasteiger partial charge in [0, 0.05) is 37.6 Å². The lowest BCUT2D eigenvalue weighted by molar-refractivity contribution is -0.117. The van der Waals surface area contributed by atoms with E-state index in [2.05, 4.69) is 34.2 Å². The maximum absolute atomic E-state index is 12.8. The highest BCUT2D eigenvalue weighted by Crippen LogP contribution is 2.40. The van der Waals surface area contributed by atoms with E-state index in [1.807, 2.05) is 12.1 Å². The first kappa shape index (κ1) is 24.7. The number of fused-ring (bicyclic) bond motifs is 1. The molecule has 2 aliphatic rings. The first-order chi connectivity index (χ1) is 16.5. The topological polar surface area (TPSA) is 71.1 Å². The van der Waals surface area contributed by atoms with E-state index in [0.29, 0.717) is 23.0 Å². The molecule has 1 saturated heterocycles. The highest BCUT2D eigenvalue weighted by atomic mass is 32.1. The normalized spacial score (nSPS) is 18.9. The van der Waals surface area contributed by atoms with Gasteiger partial charge in [-0.2, -0.15) is 0 Å². The third-order valence-corrected chi connectivity index (χ3v) is 8.03. The summed E-state index contributed by atoms with van der Waals surface area (Å²) in [5, 5.41) is 3.67. The predicted octanol–water partition coefficient (Wildman–Crippen LogP) is 3.47. The number of esters is 1.